The number of rotatable bonds is 4. The minimum absolute atomic E-state index is 0.00475. The fourth-order valence-electron chi connectivity index (χ4n) is 4.87. The van der Waals surface area contributed by atoms with Crippen LogP contribution >= 0.6 is 0 Å². The van der Waals surface area contributed by atoms with Gasteiger partial charge in [-0.15, -0.1) is 0 Å². The zero-order valence-electron chi connectivity index (χ0n) is 17.1. The molecule has 0 radical (unpaired) electrons. The third kappa shape index (κ3) is 3.81. The third-order valence-electron chi connectivity index (χ3n) is 6.35. The molecular weight excluding hydrogens is 393 g/mol. The van der Waals surface area contributed by atoms with Crippen molar-refractivity contribution in [2.75, 3.05) is 19.7 Å². The van der Waals surface area contributed by atoms with E-state index in [1.165, 1.54) is 34.4 Å². The number of carbonyl (C=O) groups is 1. The number of β-amino-alcohol motifs (C(OH)–C–C–N with tert-alkyl or cyclic N) is 1. The van der Waals surface area contributed by atoms with Crippen LogP contribution < -0.4 is 0 Å². The summed E-state index contributed by atoms with van der Waals surface area (Å²) in [5.74, 6) is -0.322. The lowest BCUT2D eigenvalue weighted by atomic mass is 9.94. The second-order valence-electron chi connectivity index (χ2n) is 8.51. The lowest BCUT2D eigenvalue weighted by Gasteiger charge is -2.24. The predicted octanol–water partition coefficient (Wildman–Crippen LogP) is 4.75. The first-order chi connectivity index (χ1) is 15.0. The van der Waals surface area contributed by atoms with Crippen LogP contribution in [0.5, 0.6) is 0 Å². The van der Waals surface area contributed by atoms with Crippen LogP contribution in [-0.2, 0) is 11.2 Å². The summed E-state index contributed by atoms with van der Waals surface area (Å²) < 4.78 is 19.2. The fraction of sp³-hybridized carbons (Fsp3) is 0.269. The molecule has 1 atom stereocenters. The van der Waals surface area contributed by atoms with Gasteiger partial charge in [-0.2, -0.15) is 0 Å². The van der Waals surface area contributed by atoms with E-state index in [1.807, 2.05) is 24.3 Å². The number of fused-ring (bicyclic) bond motifs is 3. The van der Waals surface area contributed by atoms with E-state index in [9.17, 15) is 14.3 Å². The van der Waals surface area contributed by atoms with Gasteiger partial charge in [-0.05, 0) is 46.4 Å². The van der Waals surface area contributed by atoms with E-state index in [0.29, 0.717) is 19.4 Å². The molecule has 1 N–H and O–H groups in total. The van der Waals surface area contributed by atoms with Crippen molar-refractivity contribution in [3.05, 3.63) is 95.3 Å². The molecule has 5 rings (SSSR count). The maximum absolute atomic E-state index is 13.5. The number of benzene rings is 3. The van der Waals surface area contributed by atoms with Crippen LogP contribution in [-0.4, -0.2) is 41.4 Å². The standard InChI is InChI=1S/C26H24FNO3/c27-19-7-5-6-18(14-19)15-26(30)12-13-28(17-26)25(29)31-16-24-22-10-3-1-8-20(22)21-9-2-4-11-23(21)24/h1-11,14,24,30H,12-13,15-17H2. The first kappa shape index (κ1) is 19.8. The highest BCUT2D eigenvalue weighted by molar-refractivity contribution is 5.79. The first-order valence-corrected chi connectivity index (χ1v) is 10.6. The average molecular weight is 417 g/mol. The van der Waals surface area contributed by atoms with Gasteiger partial charge < -0.3 is 14.7 Å². The van der Waals surface area contributed by atoms with E-state index in [-0.39, 0.29) is 24.9 Å². The summed E-state index contributed by atoms with van der Waals surface area (Å²) in [5.41, 5.74) is 4.35. The minimum Gasteiger partial charge on any atom is -0.448 e. The highest BCUT2D eigenvalue weighted by Crippen LogP contribution is 2.44. The van der Waals surface area contributed by atoms with E-state index in [2.05, 4.69) is 24.3 Å². The minimum atomic E-state index is -1.07. The second-order valence-corrected chi connectivity index (χ2v) is 8.51. The maximum Gasteiger partial charge on any atom is 0.409 e. The van der Waals surface area contributed by atoms with Crippen molar-refractivity contribution in [2.24, 2.45) is 0 Å². The number of carbonyl (C=O) groups excluding carboxylic acids is 1. The number of ether oxygens (including phenoxy) is 1. The quantitative estimate of drug-likeness (QED) is 0.666. The van der Waals surface area contributed by atoms with Gasteiger partial charge in [0.15, 0.2) is 0 Å². The van der Waals surface area contributed by atoms with Gasteiger partial charge in [0.25, 0.3) is 0 Å². The van der Waals surface area contributed by atoms with Gasteiger partial charge >= 0.3 is 6.09 Å². The topological polar surface area (TPSA) is 49.8 Å². The largest absolute Gasteiger partial charge is 0.448 e. The summed E-state index contributed by atoms with van der Waals surface area (Å²) in [6.45, 7) is 0.856. The Morgan fingerprint density at radius 3 is 2.39 bits per heavy atom. The highest BCUT2D eigenvalue weighted by Gasteiger charge is 2.39. The Hall–Kier alpha value is -3.18. The number of nitrogens with zero attached hydrogens (tertiary/aromatic N) is 1. The van der Waals surface area contributed by atoms with Gasteiger partial charge in [0.1, 0.15) is 12.4 Å². The van der Waals surface area contributed by atoms with Crippen LogP contribution in [0, 0.1) is 5.82 Å². The number of halogens is 1. The SMILES string of the molecule is O=C(OCC1c2ccccc2-c2ccccc21)N1CCC(O)(Cc2cccc(F)c2)C1. The average Bonchev–Trinajstić information content (AvgIpc) is 3.30. The van der Waals surface area contributed by atoms with Crippen LogP contribution in [0.2, 0.25) is 0 Å². The maximum atomic E-state index is 13.5. The molecule has 1 aliphatic heterocycles. The Morgan fingerprint density at radius 1 is 1.03 bits per heavy atom. The van der Waals surface area contributed by atoms with Crippen LogP contribution in [0.4, 0.5) is 9.18 Å². The number of amides is 1. The van der Waals surface area contributed by atoms with Crippen molar-refractivity contribution in [1.82, 2.24) is 4.90 Å². The monoisotopic (exact) mass is 417 g/mol. The molecule has 0 aromatic heterocycles. The number of likely N-dealkylation sites (tertiary alicyclic amines) is 1. The van der Waals surface area contributed by atoms with Gasteiger partial charge in [0, 0.05) is 18.9 Å². The molecule has 3 aromatic carbocycles. The van der Waals surface area contributed by atoms with Crippen molar-refractivity contribution < 1.29 is 19.0 Å². The second kappa shape index (κ2) is 7.82. The smallest absolute Gasteiger partial charge is 0.409 e. The van der Waals surface area contributed by atoms with Gasteiger partial charge in [-0.1, -0.05) is 60.7 Å². The Kier molecular flexibility index (Phi) is 4.98. The summed E-state index contributed by atoms with van der Waals surface area (Å²) in [5, 5.41) is 10.9. The molecule has 31 heavy (non-hydrogen) atoms. The molecule has 3 aromatic rings. The summed E-state index contributed by atoms with van der Waals surface area (Å²) >= 11 is 0. The molecule has 0 spiro atoms. The van der Waals surface area contributed by atoms with Gasteiger partial charge in [0.2, 0.25) is 0 Å². The van der Waals surface area contributed by atoms with Gasteiger partial charge in [0.05, 0.1) is 12.1 Å². The summed E-state index contributed by atoms with van der Waals surface area (Å²) in [6.07, 6.45) is 0.322. The van der Waals surface area contributed by atoms with Crippen molar-refractivity contribution in [2.45, 2.75) is 24.4 Å². The molecule has 4 nitrogen and oxygen atoms in total. The summed E-state index contributed by atoms with van der Waals surface area (Å²) in [6, 6.07) is 22.7. The van der Waals surface area contributed by atoms with Crippen LogP contribution in [0.25, 0.3) is 11.1 Å². The zero-order chi connectivity index (χ0) is 21.4. The van der Waals surface area contributed by atoms with Crippen molar-refractivity contribution in [1.29, 1.82) is 0 Å². The molecule has 158 valence electrons. The highest BCUT2D eigenvalue weighted by atomic mass is 19.1. The molecule has 0 bridgehead atoms. The van der Waals surface area contributed by atoms with Crippen LogP contribution in [0.15, 0.2) is 72.8 Å². The molecule has 1 amide bonds. The molecule has 1 fully saturated rings. The summed E-state index contributed by atoms with van der Waals surface area (Å²) in [4.78, 5) is 14.3. The zero-order valence-corrected chi connectivity index (χ0v) is 17.1. The molecule has 5 heteroatoms. The van der Waals surface area contributed by atoms with Crippen LogP contribution in [0.1, 0.15) is 29.0 Å². The lowest BCUT2D eigenvalue weighted by molar-refractivity contribution is 0.0444. The molecule has 1 saturated heterocycles. The molecule has 1 aliphatic carbocycles. The number of hydrogen-bond donors (Lipinski definition) is 1. The Balaban J connectivity index is 1.25. The van der Waals surface area contributed by atoms with Crippen LogP contribution in [0.3, 0.4) is 0 Å². The molecule has 0 saturated carbocycles. The lowest BCUT2D eigenvalue weighted by Crippen LogP contribution is -2.38. The van der Waals surface area contributed by atoms with E-state index >= 15 is 0 Å². The fourth-order valence-corrected chi connectivity index (χ4v) is 4.87. The molecule has 1 unspecified atom stereocenters. The first-order valence-electron chi connectivity index (χ1n) is 10.6. The normalized spacial score (nSPS) is 19.9. The molecule has 1 heterocycles. The van der Waals surface area contributed by atoms with E-state index < -0.39 is 11.7 Å². The Labute approximate surface area is 180 Å². The Bertz CT molecular complexity index is 1090. The van der Waals surface area contributed by atoms with Gasteiger partial charge in [-0.3, -0.25) is 0 Å². The predicted molar refractivity (Wildman–Crippen MR) is 116 cm³/mol. The molecule has 2 aliphatic rings. The third-order valence-corrected chi connectivity index (χ3v) is 6.35. The molecular formula is C26H24FNO3. The van der Waals surface area contributed by atoms with E-state index in [0.717, 1.165) is 5.56 Å². The van der Waals surface area contributed by atoms with E-state index in [4.69, 9.17) is 4.74 Å². The number of hydrogen-bond acceptors (Lipinski definition) is 3. The Morgan fingerprint density at radius 2 is 1.71 bits per heavy atom. The summed E-state index contributed by atoms with van der Waals surface area (Å²) in [7, 11) is 0. The van der Waals surface area contributed by atoms with Gasteiger partial charge in [-0.25, -0.2) is 9.18 Å². The van der Waals surface area contributed by atoms with E-state index in [1.54, 1.807) is 17.0 Å². The van der Waals surface area contributed by atoms with Crippen molar-refractivity contribution in [3.63, 3.8) is 0 Å². The van der Waals surface area contributed by atoms with Crippen molar-refractivity contribution in [3.8, 4) is 11.1 Å². The number of aliphatic hydroxyl groups is 1. The van der Waals surface area contributed by atoms with Crippen molar-refractivity contribution >= 4 is 6.09 Å².